The molecule has 0 N–H and O–H groups in total. The maximum absolute atomic E-state index is 2.49. The molecule has 0 radical (unpaired) electrons. The largest absolute Gasteiger partial charge is 0.275 e. The molecule has 112 valence electrons. The summed E-state index contributed by atoms with van der Waals surface area (Å²) in [6.45, 7) is -1.56. The van der Waals surface area contributed by atoms with Crippen LogP contribution in [0.15, 0.2) is 36.4 Å². The van der Waals surface area contributed by atoms with E-state index in [9.17, 15) is 0 Å². The molecule has 0 amide bonds. The average molecular weight is 320 g/mol. The van der Waals surface area contributed by atoms with Crippen molar-refractivity contribution in [3.05, 3.63) is 36.4 Å². The lowest BCUT2D eigenvalue weighted by Gasteiger charge is -2.34. The summed E-state index contributed by atoms with van der Waals surface area (Å²) in [5.74, 6) is 0. The lowest BCUT2D eigenvalue weighted by molar-refractivity contribution is -0.443. The predicted molar refractivity (Wildman–Crippen MR) is 96.5 cm³/mol. The van der Waals surface area contributed by atoms with Crippen LogP contribution in [0.25, 0.3) is 10.8 Å². The Bertz CT molecular complexity index is 756. The fourth-order valence-electron chi connectivity index (χ4n) is 3.56. The first-order valence-corrected chi connectivity index (χ1v) is 10.9. The van der Waals surface area contributed by atoms with Gasteiger partial charge >= 0.3 is 0 Å². The van der Waals surface area contributed by atoms with Crippen LogP contribution in [0.3, 0.4) is 0 Å². The molecular formula is C16H24N3P2+. The van der Waals surface area contributed by atoms with Crippen molar-refractivity contribution >= 4 is 36.0 Å². The van der Waals surface area contributed by atoms with Gasteiger partial charge in [0.2, 0.25) is 6.89 Å². The van der Waals surface area contributed by atoms with Gasteiger partial charge in [-0.1, -0.05) is 30.3 Å². The lowest BCUT2D eigenvalue weighted by atomic mass is 10.1. The highest BCUT2D eigenvalue weighted by Gasteiger charge is 2.50. The number of hydrogen-bond donors (Lipinski definition) is 0. The summed E-state index contributed by atoms with van der Waals surface area (Å²) in [7, 11) is 13.1. The van der Waals surface area contributed by atoms with E-state index in [2.05, 4.69) is 92.4 Å². The van der Waals surface area contributed by atoms with Gasteiger partial charge < -0.3 is 0 Å². The highest BCUT2D eigenvalue weighted by Crippen LogP contribution is 2.80. The Morgan fingerprint density at radius 2 is 1.57 bits per heavy atom. The Kier molecular flexibility index (Phi) is 3.74. The van der Waals surface area contributed by atoms with Crippen molar-refractivity contribution in [1.82, 2.24) is 9.34 Å². The van der Waals surface area contributed by atoms with Crippen LogP contribution in [0.1, 0.15) is 0 Å². The van der Waals surface area contributed by atoms with Gasteiger partial charge in [-0.25, -0.2) is 9.00 Å². The molecule has 0 bridgehead atoms. The van der Waals surface area contributed by atoms with Crippen LogP contribution in [0, 0.1) is 0 Å². The molecule has 3 rings (SSSR count). The second-order valence-corrected chi connectivity index (χ2v) is 13.9. The summed E-state index contributed by atoms with van der Waals surface area (Å²) in [4.78, 5) is 0. The zero-order valence-electron chi connectivity index (χ0n) is 13.7. The van der Waals surface area contributed by atoms with E-state index in [1.54, 1.807) is 10.6 Å². The van der Waals surface area contributed by atoms with Gasteiger partial charge in [0.15, 0.2) is 0 Å². The Balaban J connectivity index is 2.54. The Hall–Kier alpha value is -0.720. The molecule has 1 heterocycles. The van der Waals surface area contributed by atoms with Gasteiger partial charge in [-0.3, -0.25) is 4.67 Å². The molecule has 1 aliphatic rings. The summed E-state index contributed by atoms with van der Waals surface area (Å²) in [5.41, 5.74) is 0. The monoisotopic (exact) mass is 320 g/mol. The minimum atomic E-state index is -1.56. The van der Waals surface area contributed by atoms with Gasteiger partial charge in [-0.05, 0) is 39.6 Å². The fourth-order valence-corrected chi connectivity index (χ4v) is 14.9. The lowest BCUT2D eigenvalue weighted by Crippen LogP contribution is -2.24. The zero-order chi connectivity index (χ0) is 15.4. The van der Waals surface area contributed by atoms with E-state index in [0.29, 0.717) is 0 Å². The van der Waals surface area contributed by atoms with Gasteiger partial charge in [0.05, 0.1) is 5.30 Å². The molecule has 0 saturated carbocycles. The zero-order valence-corrected chi connectivity index (χ0v) is 15.5. The van der Waals surface area contributed by atoms with E-state index >= 15 is 0 Å². The normalized spacial score (nSPS) is 24.3. The molecule has 2 atom stereocenters. The predicted octanol–water partition coefficient (Wildman–Crippen LogP) is 2.93. The smallest absolute Gasteiger partial charge is 0.232 e. The third kappa shape index (κ3) is 1.88. The molecule has 1 aliphatic heterocycles. The maximum Gasteiger partial charge on any atom is 0.232 e. The SMILES string of the molecule is CN(C)[P@]1c2cccc3cccc(c23)[P@@]1(N(C)C)=[N+](C)C. The van der Waals surface area contributed by atoms with Crippen molar-refractivity contribution in [3.63, 3.8) is 0 Å². The van der Waals surface area contributed by atoms with Crippen molar-refractivity contribution in [2.24, 2.45) is 0 Å². The highest BCUT2D eigenvalue weighted by atomic mass is 32.1. The molecule has 0 unspecified atom stereocenters. The van der Waals surface area contributed by atoms with Crippen molar-refractivity contribution < 1.29 is 4.33 Å². The molecule has 5 heteroatoms. The van der Waals surface area contributed by atoms with E-state index in [-0.39, 0.29) is 7.76 Å². The van der Waals surface area contributed by atoms with Crippen molar-refractivity contribution in [3.8, 4) is 0 Å². The van der Waals surface area contributed by atoms with Crippen LogP contribution < -0.4 is 10.6 Å². The van der Waals surface area contributed by atoms with Crippen molar-refractivity contribution in [1.29, 1.82) is 0 Å². The summed E-state index contributed by atoms with van der Waals surface area (Å²) < 4.78 is 7.44. The third-order valence-electron chi connectivity index (χ3n) is 4.16. The highest BCUT2D eigenvalue weighted by molar-refractivity contribution is 8.38. The minimum Gasteiger partial charge on any atom is -0.275 e. The number of nitrogens with zero attached hydrogens (tertiary/aromatic N) is 3. The standard InChI is InChI=1S/C16H24N3P2/c1-17(2)20-14-11-7-9-13-10-8-12-15(16(13)14)21(20,18(3)4)19(5)6/h7-12H,1-6H3/q+1/t20-/m0/s1. The molecule has 0 aromatic heterocycles. The summed E-state index contributed by atoms with van der Waals surface area (Å²) in [6, 6.07) is 13.6. The third-order valence-corrected chi connectivity index (χ3v) is 15.6. The van der Waals surface area contributed by atoms with E-state index in [1.165, 1.54) is 10.8 Å². The average Bonchev–Trinajstić information content (AvgIpc) is 2.73. The van der Waals surface area contributed by atoms with Crippen molar-refractivity contribution in [2.75, 3.05) is 42.3 Å². The molecule has 2 aromatic rings. The van der Waals surface area contributed by atoms with Gasteiger partial charge in [-0.15, -0.1) is 0 Å². The summed E-state index contributed by atoms with van der Waals surface area (Å²) >= 11 is 0. The van der Waals surface area contributed by atoms with E-state index in [1.807, 2.05) is 0 Å². The van der Waals surface area contributed by atoms with Gasteiger partial charge in [0.25, 0.3) is 0 Å². The topological polar surface area (TPSA) is 9.49 Å². The first kappa shape index (κ1) is 15.2. The number of rotatable bonds is 2. The van der Waals surface area contributed by atoms with E-state index in [0.717, 1.165) is 0 Å². The van der Waals surface area contributed by atoms with Crippen LogP contribution in [0.4, 0.5) is 0 Å². The fraction of sp³-hybridized carbons (Fsp3) is 0.375. The minimum absolute atomic E-state index is 0.380. The Morgan fingerprint density at radius 1 is 0.952 bits per heavy atom. The first-order valence-electron chi connectivity index (χ1n) is 7.17. The molecule has 0 fully saturated rings. The second-order valence-electron chi connectivity index (χ2n) is 6.05. The quantitative estimate of drug-likeness (QED) is 0.787. The molecule has 0 aliphatic carbocycles. The van der Waals surface area contributed by atoms with Crippen LogP contribution in [0.5, 0.6) is 0 Å². The molecule has 3 nitrogen and oxygen atoms in total. The molecular weight excluding hydrogens is 296 g/mol. The van der Waals surface area contributed by atoms with Crippen LogP contribution in [-0.2, 0) is 0 Å². The van der Waals surface area contributed by atoms with Gasteiger partial charge in [0, 0.05) is 10.7 Å². The number of benzene rings is 2. The van der Waals surface area contributed by atoms with E-state index < -0.39 is 6.89 Å². The molecule has 0 saturated heterocycles. The van der Waals surface area contributed by atoms with Gasteiger partial charge in [0.1, 0.15) is 21.9 Å². The Labute approximate surface area is 129 Å². The second kappa shape index (κ2) is 5.18. The summed E-state index contributed by atoms with van der Waals surface area (Å²) in [6.07, 6.45) is 0. The van der Waals surface area contributed by atoms with Crippen LogP contribution in [0.2, 0.25) is 0 Å². The maximum atomic E-state index is 2.49. The van der Waals surface area contributed by atoms with Crippen LogP contribution in [-0.4, -0.2) is 56.0 Å². The first-order chi connectivity index (χ1) is 9.92. The Morgan fingerprint density at radius 3 is 2.10 bits per heavy atom. The molecule has 2 aromatic carbocycles. The van der Waals surface area contributed by atoms with Crippen LogP contribution >= 0.6 is 14.7 Å². The van der Waals surface area contributed by atoms with Crippen molar-refractivity contribution in [2.45, 2.75) is 0 Å². The summed E-state index contributed by atoms with van der Waals surface area (Å²) in [5, 5.41) is 5.96. The molecule has 21 heavy (non-hydrogen) atoms. The van der Waals surface area contributed by atoms with Gasteiger partial charge in [-0.2, -0.15) is 0 Å². The van der Waals surface area contributed by atoms with E-state index in [4.69, 9.17) is 0 Å². The number of hydrogen-bond acceptors (Lipinski definition) is 1. The molecule has 0 spiro atoms.